The first-order valence-electron chi connectivity index (χ1n) is 9.77. The largest absolute Gasteiger partial charge is 0.348 e. The maximum Gasteiger partial charge on any atom is 0.185 e. The van der Waals surface area contributed by atoms with Crippen molar-refractivity contribution in [1.82, 2.24) is 4.98 Å². The minimum atomic E-state index is -3.47. The van der Waals surface area contributed by atoms with Gasteiger partial charge in [0.1, 0.15) is 0 Å². The van der Waals surface area contributed by atoms with Gasteiger partial charge in [-0.25, -0.2) is 13.4 Å². The van der Waals surface area contributed by atoms with Crippen LogP contribution >= 0.6 is 34.5 Å². The summed E-state index contributed by atoms with van der Waals surface area (Å²) in [6.45, 7) is 3.44. The maximum absolute atomic E-state index is 13.0. The first-order chi connectivity index (χ1) is 14.3. The van der Waals surface area contributed by atoms with E-state index in [1.165, 1.54) is 23.3 Å². The summed E-state index contributed by atoms with van der Waals surface area (Å²) in [5.74, 6) is 0. The molecule has 1 saturated heterocycles. The predicted molar refractivity (Wildman–Crippen MR) is 125 cm³/mol. The third-order valence-electron chi connectivity index (χ3n) is 5.49. The number of anilines is 1. The number of piperidine rings is 1. The summed E-state index contributed by atoms with van der Waals surface area (Å²) in [5, 5.41) is 3.29. The van der Waals surface area contributed by atoms with Gasteiger partial charge in [0.15, 0.2) is 15.0 Å². The maximum atomic E-state index is 13.0. The van der Waals surface area contributed by atoms with Gasteiger partial charge in [-0.2, -0.15) is 0 Å². The quantitative estimate of drug-likeness (QED) is 0.463. The molecule has 0 radical (unpaired) electrons. The lowest BCUT2D eigenvalue weighted by Crippen LogP contribution is -2.39. The van der Waals surface area contributed by atoms with Crippen molar-refractivity contribution in [3.63, 3.8) is 0 Å². The Morgan fingerprint density at radius 3 is 2.43 bits per heavy atom. The number of sulfone groups is 1. The molecule has 1 aromatic heterocycles. The third kappa shape index (κ3) is 4.67. The fraction of sp³-hybridized carbons (Fsp3) is 0.318. The Bertz CT molecular complexity index is 1130. The second-order valence-corrected chi connectivity index (χ2v) is 11.5. The summed E-state index contributed by atoms with van der Waals surface area (Å²) in [4.78, 5) is 7.18. The van der Waals surface area contributed by atoms with Crippen molar-refractivity contribution in [2.24, 2.45) is 0 Å². The molecule has 4 rings (SSSR count). The van der Waals surface area contributed by atoms with Crippen LogP contribution in [0.4, 0.5) is 5.13 Å². The van der Waals surface area contributed by atoms with Crippen LogP contribution in [0.15, 0.2) is 52.7 Å². The number of rotatable bonds is 5. The molecule has 1 fully saturated rings. The molecule has 1 aliphatic heterocycles. The van der Waals surface area contributed by atoms with Crippen molar-refractivity contribution in [3.05, 3.63) is 74.7 Å². The van der Waals surface area contributed by atoms with Crippen molar-refractivity contribution in [1.29, 1.82) is 0 Å². The molecule has 0 bridgehead atoms. The second-order valence-electron chi connectivity index (χ2n) is 7.56. The fourth-order valence-electron chi connectivity index (χ4n) is 3.77. The molecule has 158 valence electrons. The van der Waals surface area contributed by atoms with Crippen molar-refractivity contribution in [2.75, 3.05) is 18.0 Å². The number of thiazole rings is 1. The monoisotopic (exact) mass is 480 g/mol. The van der Waals surface area contributed by atoms with E-state index in [-0.39, 0.29) is 4.90 Å². The van der Waals surface area contributed by atoms with Gasteiger partial charge in [-0.1, -0.05) is 47.5 Å². The van der Waals surface area contributed by atoms with Gasteiger partial charge in [-0.15, -0.1) is 11.3 Å². The van der Waals surface area contributed by atoms with Gasteiger partial charge >= 0.3 is 0 Å². The standard InChI is InChI=1S/C22H22Cl2N2O2S2/c1-15-4-2-3-5-16(15)10-19-14-29-22(25-19)26-8-6-20(7-9-26)30(27,28)21-12-17(23)11-18(24)13-21/h2-5,11-14,20H,6-10H2,1H3. The van der Waals surface area contributed by atoms with Crippen LogP contribution in [0, 0.1) is 6.92 Å². The van der Waals surface area contributed by atoms with E-state index in [9.17, 15) is 8.42 Å². The smallest absolute Gasteiger partial charge is 0.185 e. The summed E-state index contributed by atoms with van der Waals surface area (Å²) in [6.07, 6.45) is 1.92. The SMILES string of the molecule is Cc1ccccc1Cc1csc(N2CCC(S(=O)(=O)c3cc(Cl)cc(Cl)c3)CC2)n1. The molecule has 0 N–H and O–H groups in total. The summed E-state index contributed by atoms with van der Waals surface area (Å²) < 4.78 is 26.1. The predicted octanol–water partition coefficient (Wildman–Crippen LogP) is 5.79. The minimum Gasteiger partial charge on any atom is -0.348 e. The Balaban J connectivity index is 1.42. The van der Waals surface area contributed by atoms with E-state index in [0.29, 0.717) is 36.0 Å². The highest BCUT2D eigenvalue weighted by Gasteiger charge is 2.32. The van der Waals surface area contributed by atoms with Gasteiger partial charge in [0.2, 0.25) is 0 Å². The molecule has 0 atom stereocenters. The summed E-state index contributed by atoms with van der Waals surface area (Å²) in [6, 6.07) is 12.8. The molecule has 2 aromatic carbocycles. The van der Waals surface area contributed by atoms with Crippen LogP contribution in [0.1, 0.15) is 29.7 Å². The van der Waals surface area contributed by atoms with E-state index in [0.717, 1.165) is 17.2 Å². The number of aromatic nitrogens is 1. The number of halogens is 2. The average molecular weight is 481 g/mol. The summed E-state index contributed by atoms with van der Waals surface area (Å²) >= 11 is 13.6. The lowest BCUT2D eigenvalue weighted by atomic mass is 10.1. The number of hydrogen-bond acceptors (Lipinski definition) is 5. The number of benzene rings is 2. The second kappa shape index (κ2) is 8.87. The molecular formula is C22H22Cl2N2O2S2. The van der Waals surface area contributed by atoms with Gasteiger partial charge in [0, 0.05) is 34.9 Å². The zero-order valence-corrected chi connectivity index (χ0v) is 19.7. The highest BCUT2D eigenvalue weighted by atomic mass is 35.5. The lowest BCUT2D eigenvalue weighted by molar-refractivity contribution is 0.529. The Hall–Kier alpha value is -1.60. The highest BCUT2D eigenvalue weighted by Crippen LogP contribution is 2.31. The Kier molecular flexibility index (Phi) is 6.39. The van der Waals surface area contributed by atoms with Crippen molar-refractivity contribution >= 4 is 49.5 Å². The number of aryl methyl sites for hydroxylation is 1. The van der Waals surface area contributed by atoms with E-state index < -0.39 is 15.1 Å². The van der Waals surface area contributed by atoms with Crippen LogP contribution in [0.5, 0.6) is 0 Å². The van der Waals surface area contributed by atoms with Gasteiger partial charge in [0.05, 0.1) is 15.8 Å². The molecule has 0 unspecified atom stereocenters. The molecule has 0 amide bonds. The van der Waals surface area contributed by atoms with Gasteiger partial charge < -0.3 is 4.90 Å². The molecule has 0 aliphatic carbocycles. The third-order valence-corrected chi connectivity index (χ3v) is 9.12. The molecule has 0 spiro atoms. The molecule has 4 nitrogen and oxygen atoms in total. The zero-order chi connectivity index (χ0) is 21.3. The van der Waals surface area contributed by atoms with E-state index in [4.69, 9.17) is 28.2 Å². The topological polar surface area (TPSA) is 50.3 Å². The molecule has 30 heavy (non-hydrogen) atoms. The number of nitrogens with zero attached hydrogens (tertiary/aromatic N) is 2. The molecular weight excluding hydrogens is 459 g/mol. The highest BCUT2D eigenvalue weighted by molar-refractivity contribution is 7.92. The van der Waals surface area contributed by atoms with Gasteiger partial charge in [-0.3, -0.25) is 0 Å². The van der Waals surface area contributed by atoms with Crippen LogP contribution in [0.2, 0.25) is 10.0 Å². The fourth-order valence-corrected chi connectivity index (χ4v) is 7.10. The molecule has 3 aromatic rings. The number of hydrogen-bond donors (Lipinski definition) is 0. The molecule has 0 saturated carbocycles. The Morgan fingerprint density at radius 2 is 1.77 bits per heavy atom. The zero-order valence-electron chi connectivity index (χ0n) is 16.5. The van der Waals surface area contributed by atoms with Crippen molar-refractivity contribution < 1.29 is 8.42 Å². The first-order valence-corrected chi connectivity index (χ1v) is 12.9. The van der Waals surface area contributed by atoms with Crippen LogP contribution in [-0.2, 0) is 16.3 Å². The van der Waals surface area contributed by atoms with Crippen molar-refractivity contribution in [3.8, 4) is 0 Å². The molecule has 1 aliphatic rings. The Morgan fingerprint density at radius 1 is 1.10 bits per heavy atom. The van der Waals surface area contributed by atoms with Crippen LogP contribution in [0.25, 0.3) is 0 Å². The van der Waals surface area contributed by atoms with Gasteiger partial charge in [0.25, 0.3) is 0 Å². The van der Waals surface area contributed by atoms with Gasteiger partial charge in [-0.05, 0) is 49.1 Å². The summed E-state index contributed by atoms with van der Waals surface area (Å²) in [7, 11) is -3.47. The van der Waals surface area contributed by atoms with E-state index in [2.05, 4.69) is 29.3 Å². The van der Waals surface area contributed by atoms with Crippen molar-refractivity contribution in [2.45, 2.75) is 36.3 Å². The van der Waals surface area contributed by atoms with Crippen LogP contribution in [0.3, 0.4) is 0 Å². The molecule has 2 heterocycles. The van der Waals surface area contributed by atoms with E-state index in [1.807, 2.05) is 12.1 Å². The normalized spacial score (nSPS) is 15.5. The van der Waals surface area contributed by atoms with E-state index >= 15 is 0 Å². The van der Waals surface area contributed by atoms with Crippen LogP contribution < -0.4 is 4.90 Å². The Labute approximate surface area is 191 Å². The average Bonchev–Trinajstić information content (AvgIpc) is 3.18. The van der Waals surface area contributed by atoms with Crippen LogP contribution in [-0.4, -0.2) is 31.7 Å². The minimum absolute atomic E-state index is 0.202. The lowest BCUT2D eigenvalue weighted by Gasteiger charge is -2.31. The van der Waals surface area contributed by atoms with E-state index in [1.54, 1.807) is 17.4 Å². The first kappa shape index (κ1) is 21.6. The molecule has 8 heteroatoms. The summed E-state index contributed by atoms with van der Waals surface area (Å²) in [5.41, 5.74) is 3.59.